The topological polar surface area (TPSA) is 75.1 Å². The van der Waals surface area contributed by atoms with Crippen LogP contribution in [0.4, 0.5) is 11.5 Å². The summed E-state index contributed by atoms with van der Waals surface area (Å²) < 4.78 is 0. The number of hydrogen-bond donors (Lipinski definition) is 2. The third-order valence-corrected chi connectivity index (χ3v) is 5.79. The number of carbonyl (C=O) groups is 1. The highest BCUT2D eigenvalue weighted by Gasteiger charge is 2.06. The van der Waals surface area contributed by atoms with Gasteiger partial charge in [0.2, 0.25) is 0 Å². The molecule has 2 aromatic carbocycles. The highest BCUT2D eigenvalue weighted by Crippen LogP contribution is 2.28. The van der Waals surface area contributed by atoms with Gasteiger partial charge in [-0.2, -0.15) is 0 Å². The standard InChI is InChI=1S/C19H25N3S.C8H8O2/c1-5-7-11-23-17-12-16(10-9-14(17)3)21-19-15(4)13-20-18(22-19)8-6-2;1-6-2-4-7(5-3-6)8(9)10/h7,9-13H,5-6,8H2,1-4H3,(H,20,21,22);2-5H,1H3,(H,9,10)/b11-7-;. The van der Waals surface area contributed by atoms with Gasteiger partial charge in [0.05, 0.1) is 5.56 Å². The van der Waals surface area contributed by atoms with Gasteiger partial charge >= 0.3 is 5.97 Å². The van der Waals surface area contributed by atoms with Gasteiger partial charge in [-0.05, 0) is 68.8 Å². The molecule has 1 heterocycles. The lowest BCUT2D eigenvalue weighted by molar-refractivity contribution is 0.0697. The van der Waals surface area contributed by atoms with Crippen molar-refractivity contribution in [3.05, 3.63) is 88.2 Å². The van der Waals surface area contributed by atoms with Crippen LogP contribution in [0, 0.1) is 20.8 Å². The van der Waals surface area contributed by atoms with Crippen LogP contribution < -0.4 is 5.32 Å². The van der Waals surface area contributed by atoms with Crippen molar-refractivity contribution in [2.45, 2.75) is 58.8 Å². The summed E-state index contributed by atoms with van der Waals surface area (Å²) in [6, 6.07) is 13.2. The van der Waals surface area contributed by atoms with Crippen molar-refractivity contribution in [2.75, 3.05) is 5.32 Å². The van der Waals surface area contributed by atoms with Crippen molar-refractivity contribution in [3.63, 3.8) is 0 Å². The maximum atomic E-state index is 10.3. The van der Waals surface area contributed by atoms with E-state index in [-0.39, 0.29) is 0 Å². The molecule has 0 bridgehead atoms. The molecule has 5 nitrogen and oxygen atoms in total. The van der Waals surface area contributed by atoms with E-state index in [2.05, 4.69) is 65.7 Å². The molecule has 0 fully saturated rings. The van der Waals surface area contributed by atoms with E-state index >= 15 is 0 Å². The van der Waals surface area contributed by atoms with Gasteiger partial charge in [0.15, 0.2) is 0 Å². The van der Waals surface area contributed by atoms with E-state index < -0.39 is 5.97 Å². The number of nitrogens with zero attached hydrogens (tertiary/aromatic N) is 2. The lowest BCUT2D eigenvalue weighted by Gasteiger charge is -2.12. The molecule has 0 saturated heterocycles. The van der Waals surface area contributed by atoms with E-state index in [4.69, 9.17) is 5.11 Å². The molecule has 0 atom stereocenters. The van der Waals surface area contributed by atoms with Gasteiger partial charge in [-0.3, -0.25) is 0 Å². The van der Waals surface area contributed by atoms with Crippen molar-refractivity contribution in [2.24, 2.45) is 0 Å². The Morgan fingerprint density at radius 2 is 1.79 bits per heavy atom. The van der Waals surface area contributed by atoms with Crippen molar-refractivity contribution in [3.8, 4) is 0 Å². The average Bonchev–Trinajstić information content (AvgIpc) is 2.79. The molecule has 3 aromatic rings. The van der Waals surface area contributed by atoms with Crippen molar-refractivity contribution in [1.29, 1.82) is 0 Å². The number of nitrogens with one attached hydrogen (secondary N) is 1. The molecular weight excluding hydrogens is 430 g/mol. The van der Waals surface area contributed by atoms with E-state index in [1.165, 1.54) is 10.5 Å². The van der Waals surface area contributed by atoms with E-state index in [1.54, 1.807) is 36.0 Å². The zero-order valence-electron chi connectivity index (χ0n) is 20.1. The van der Waals surface area contributed by atoms with Crippen LogP contribution in [0.1, 0.15) is 59.6 Å². The molecule has 0 unspecified atom stereocenters. The molecule has 0 radical (unpaired) electrons. The highest BCUT2D eigenvalue weighted by molar-refractivity contribution is 8.02. The number of rotatable bonds is 8. The summed E-state index contributed by atoms with van der Waals surface area (Å²) >= 11 is 1.76. The van der Waals surface area contributed by atoms with Crippen LogP contribution >= 0.6 is 11.8 Å². The number of allylic oxidation sites excluding steroid dienone is 1. The fraction of sp³-hybridized carbons (Fsp3) is 0.296. The van der Waals surface area contributed by atoms with Gasteiger partial charge in [0.1, 0.15) is 11.6 Å². The Bertz CT molecular complexity index is 1080. The van der Waals surface area contributed by atoms with Gasteiger partial charge in [-0.1, -0.05) is 55.4 Å². The number of hydrogen-bond acceptors (Lipinski definition) is 5. The number of aromatic carboxylic acids is 1. The molecule has 174 valence electrons. The molecule has 6 heteroatoms. The summed E-state index contributed by atoms with van der Waals surface area (Å²) in [4.78, 5) is 20.6. The third-order valence-electron chi connectivity index (χ3n) is 4.77. The number of carboxylic acid groups (broad SMARTS) is 1. The maximum absolute atomic E-state index is 10.3. The molecule has 33 heavy (non-hydrogen) atoms. The summed E-state index contributed by atoms with van der Waals surface area (Å²) in [6.45, 7) is 10.4. The first kappa shape index (κ1) is 26.1. The summed E-state index contributed by atoms with van der Waals surface area (Å²) in [5.74, 6) is 0.917. The fourth-order valence-corrected chi connectivity index (χ4v) is 3.69. The molecule has 0 aliphatic carbocycles. The Hall–Kier alpha value is -3.12. The SMILES string of the molecule is CC/C=C\Sc1cc(Nc2nc(CCC)ncc2C)ccc1C.Cc1ccc(C(=O)O)cc1. The Morgan fingerprint density at radius 1 is 1.06 bits per heavy atom. The second-order valence-electron chi connectivity index (χ2n) is 7.74. The minimum absolute atomic E-state index is 0.339. The molecular formula is C27H33N3O2S. The van der Waals surface area contributed by atoms with Gasteiger partial charge in [-0.15, -0.1) is 0 Å². The lowest BCUT2D eigenvalue weighted by Crippen LogP contribution is -2.02. The number of benzene rings is 2. The minimum atomic E-state index is -0.875. The molecule has 0 amide bonds. The second-order valence-corrected chi connectivity index (χ2v) is 8.69. The minimum Gasteiger partial charge on any atom is -0.478 e. The van der Waals surface area contributed by atoms with Crippen molar-refractivity contribution >= 4 is 29.2 Å². The summed E-state index contributed by atoms with van der Waals surface area (Å²) in [5.41, 5.74) is 4.82. The van der Waals surface area contributed by atoms with Crippen LogP contribution in [0.25, 0.3) is 0 Å². The predicted octanol–water partition coefficient (Wildman–Crippen LogP) is 7.50. The smallest absolute Gasteiger partial charge is 0.335 e. The Kier molecular flexibility index (Phi) is 10.6. The zero-order valence-corrected chi connectivity index (χ0v) is 20.9. The predicted molar refractivity (Wildman–Crippen MR) is 139 cm³/mol. The lowest BCUT2D eigenvalue weighted by atomic mass is 10.2. The van der Waals surface area contributed by atoms with Crippen molar-refractivity contribution in [1.82, 2.24) is 9.97 Å². The van der Waals surface area contributed by atoms with Crippen LogP contribution in [0.5, 0.6) is 0 Å². The van der Waals surface area contributed by atoms with Crippen LogP contribution in [-0.2, 0) is 6.42 Å². The van der Waals surface area contributed by atoms with E-state index in [9.17, 15) is 4.79 Å². The number of aromatic nitrogens is 2. The second kappa shape index (κ2) is 13.4. The largest absolute Gasteiger partial charge is 0.478 e. The molecule has 0 aliphatic heterocycles. The summed E-state index contributed by atoms with van der Waals surface area (Å²) in [6.07, 6.45) is 7.09. The Labute approximate surface area is 201 Å². The summed E-state index contributed by atoms with van der Waals surface area (Å²) in [5, 5.41) is 14.1. The third kappa shape index (κ3) is 8.73. The monoisotopic (exact) mass is 463 g/mol. The first-order chi connectivity index (χ1) is 15.8. The molecule has 0 aliphatic rings. The fourth-order valence-electron chi connectivity index (χ4n) is 2.80. The highest BCUT2D eigenvalue weighted by atomic mass is 32.2. The van der Waals surface area contributed by atoms with Crippen LogP contribution in [0.3, 0.4) is 0 Å². The normalized spacial score (nSPS) is 10.6. The van der Waals surface area contributed by atoms with Crippen LogP contribution in [0.2, 0.25) is 0 Å². The maximum Gasteiger partial charge on any atom is 0.335 e. The van der Waals surface area contributed by atoms with Gasteiger partial charge in [-0.25, -0.2) is 14.8 Å². The molecule has 0 saturated carbocycles. The quantitative estimate of drug-likeness (QED) is 0.337. The number of thioether (sulfide) groups is 1. The number of aryl methyl sites for hydroxylation is 4. The number of anilines is 2. The number of carboxylic acids is 1. The van der Waals surface area contributed by atoms with E-state index in [0.29, 0.717) is 5.56 Å². The van der Waals surface area contributed by atoms with Crippen LogP contribution in [0.15, 0.2) is 65.0 Å². The average molecular weight is 464 g/mol. The van der Waals surface area contributed by atoms with Crippen LogP contribution in [-0.4, -0.2) is 21.0 Å². The molecule has 0 spiro atoms. The van der Waals surface area contributed by atoms with Gasteiger partial charge in [0, 0.05) is 28.8 Å². The first-order valence-electron chi connectivity index (χ1n) is 11.2. The van der Waals surface area contributed by atoms with Gasteiger partial charge in [0.25, 0.3) is 0 Å². The van der Waals surface area contributed by atoms with E-state index in [0.717, 1.165) is 47.7 Å². The molecule has 3 rings (SSSR count). The Morgan fingerprint density at radius 3 is 2.42 bits per heavy atom. The molecule has 2 N–H and O–H groups in total. The van der Waals surface area contributed by atoms with Gasteiger partial charge < -0.3 is 10.4 Å². The first-order valence-corrected chi connectivity index (χ1v) is 12.0. The Balaban J connectivity index is 0.000000321. The van der Waals surface area contributed by atoms with E-state index in [1.807, 2.05) is 20.0 Å². The zero-order chi connectivity index (χ0) is 24.2. The van der Waals surface area contributed by atoms with Crippen molar-refractivity contribution < 1.29 is 9.90 Å². The molecule has 1 aromatic heterocycles. The summed E-state index contributed by atoms with van der Waals surface area (Å²) in [7, 11) is 0.